The Labute approximate surface area is 107 Å². The summed E-state index contributed by atoms with van der Waals surface area (Å²) in [7, 11) is 0. The van der Waals surface area contributed by atoms with E-state index in [0.717, 1.165) is 24.7 Å². The molecule has 2 nitrogen and oxygen atoms in total. The van der Waals surface area contributed by atoms with Crippen molar-refractivity contribution < 1.29 is 4.39 Å². The molecule has 0 atom stereocenters. The zero-order valence-electron chi connectivity index (χ0n) is 10.0. The van der Waals surface area contributed by atoms with Crippen molar-refractivity contribution >= 4 is 11.6 Å². The maximum absolute atomic E-state index is 13.3. The first-order valence-corrected chi connectivity index (χ1v) is 6.43. The predicted octanol–water partition coefficient (Wildman–Crippen LogP) is 2.63. The summed E-state index contributed by atoms with van der Waals surface area (Å²) in [4.78, 5) is 0. The van der Waals surface area contributed by atoms with Crippen LogP contribution in [0.5, 0.6) is 0 Å². The fourth-order valence-electron chi connectivity index (χ4n) is 1.70. The highest BCUT2D eigenvalue weighted by Crippen LogP contribution is 2.20. The molecule has 0 aliphatic heterocycles. The SMILES string of the molecule is Cc1cc(Cl)c(CNCCNC2CC2)cc1F. The quantitative estimate of drug-likeness (QED) is 0.765. The van der Waals surface area contributed by atoms with Crippen molar-refractivity contribution in [1.29, 1.82) is 0 Å². The minimum absolute atomic E-state index is 0.192. The summed E-state index contributed by atoms with van der Waals surface area (Å²) >= 11 is 6.05. The van der Waals surface area contributed by atoms with Crippen LogP contribution >= 0.6 is 11.6 Å². The Balaban J connectivity index is 1.75. The Kier molecular flexibility index (Phi) is 4.37. The van der Waals surface area contributed by atoms with E-state index >= 15 is 0 Å². The molecule has 0 spiro atoms. The van der Waals surface area contributed by atoms with Gasteiger partial charge in [-0.2, -0.15) is 0 Å². The van der Waals surface area contributed by atoms with Gasteiger partial charge in [0.25, 0.3) is 0 Å². The molecule has 1 aromatic carbocycles. The number of nitrogens with one attached hydrogen (secondary N) is 2. The summed E-state index contributed by atoms with van der Waals surface area (Å²) in [5.74, 6) is -0.192. The van der Waals surface area contributed by atoms with Gasteiger partial charge in [0.15, 0.2) is 0 Å². The monoisotopic (exact) mass is 256 g/mol. The molecule has 1 aliphatic carbocycles. The van der Waals surface area contributed by atoms with Crippen LogP contribution in [0.4, 0.5) is 4.39 Å². The van der Waals surface area contributed by atoms with Crippen molar-refractivity contribution in [3.05, 3.63) is 34.1 Å². The Morgan fingerprint density at radius 2 is 2.12 bits per heavy atom. The molecule has 1 aromatic rings. The lowest BCUT2D eigenvalue weighted by Crippen LogP contribution is -2.28. The molecule has 1 fully saturated rings. The summed E-state index contributed by atoms with van der Waals surface area (Å²) < 4.78 is 13.3. The van der Waals surface area contributed by atoms with Crippen LogP contribution in [-0.4, -0.2) is 19.1 Å². The lowest BCUT2D eigenvalue weighted by Gasteiger charge is -2.08. The highest BCUT2D eigenvalue weighted by molar-refractivity contribution is 6.31. The first-order valence-electron chi connectivity index (χ1n) is 6.05. The Morgan fingerprint density at radius 1 is 1.35 bits per heavy atom. The van der Waals surface area contributed by atoms with E-state index in [-0.39, 0.29) is 5.82 Å². The fourth-order valence-corrected chi connectivity index (χ4v) is 1.98. The highest BCUT2D eigenvalue weighted by Gasteiger charge is 2.19. The van der Waals surface area contributed by atoms with Gasteiger partial charge in [0, 0.05) is 30.7 Å². The maximum Gasteiger partial charge on any atom is 0.126 e. The lowest BCUT2D eigenvalue weighted by atomic mass is 10.1. The first-order chi connectivity index (χ1) is 8.16. The number of aryl methyl sites for hydroxylation is 1. The zero-order chi connectivity index (χ0) is 12.3. The molecule has 4 heteroatoms. The lowest BCUT2D eigenvalue weighted by molar-refractivity contribution is 0.597. The van der Waals surface area contributed by atoms with E-state index in [2.05, 4.69) is 10.6 Å². The van der Waals surface area contributed by atoms with Gasteiger partial charge in [0.05, 0.1) is 0 Å². The van der Waals surface area contributed by atoms with Gasteiger partial charge in [-0.15, -0.1) is 0 Å². The van der Waals surface area contributed by atoms with Gasteiger partial charge in [-0.1, -0.05) is 11.6 Å². The van der Waals surface area contributed by atoms with Crippen LogP contribution in [0, 0.1) is 12.7 Å². The Hall–Kier alpha value is -0.640. The van der Waals surface area contributed by atoms with Crippen LogP contribution in [0.25, 0.3) is 0 Å². The molecule has 1 saturated carbocycles. The second-order valence-corrected chi connectivity index (χ2v) is 5.01. The fraction of sp³-hybridized carbons (Fsp3) is 0.538. The van der Waals surface area contributed by atoms with Gasteiger partial charge in [0.2, 0.25) is 0 Å². The van der Waals surface area contributed by atoms with Crippen molar-refractivity contribution in [2.75, 3.05) is 13.1 Å². The number of halogens is 2. The zero-order valence-corrected chi connectivity index (χ0v) is 10.8. The second kappa shape index (κ2) is 5.80. The van der Waals surface area contributed by atoms with E-state index < -0.39 is 0 Å². The van der Waals surface area contributed by atoms with Crippen LogP contribution < -0.4 is 10.6 Å². The maximum atomic E-state index is 13.3. The average Bonchev–Trinajstić information content (AvgIpc) is 3.08. The van der Waals surface area contributed by atoms with Gasteiger partial charge in [-0.3, -0.25) is 0 Å². The predicted molar refractivity (Wildman–Crippen MR) is 68.9 cm³/mol. The summed E-state index contributed by atoms with van der Waals surface area (Å²) in [6, 6.07) is 3.92. The molecule has 0 bridgehead atoms. The molecule has 2 rings (SSSR count). The molecular weight excluding hydrogens is 239 g/mol. The van der Waals surface area contributed by atoms with Gasteiger partial charge in [0.1, 0.15) is 5.82 Å². The molecule has 0 aromatic heterocycles. The van der Waals surface area contributed by atoms with E-state index in [9.17, 15) is 4.39 Å². The number of benzene rings is 1. The van der Waals surface area contributed by atoms with Gasteiger partial charge >= 0.3 is 0 Å². The van der Waals surface area contributed by atoms with Crippen LogP contribution in [0.1, 0.15) is 24.0 Å². The Bertz CT molecular complexity index is 391. The minimum Gasteiger partial charge on any atom is -0.313 e. The summed E-state index contributed by atoms with van der Waals surface area (Å²) in [5, 5.41) is 7.30. The molecule has 0 saturated heterocycles. The Morgan fingerprint density at radius 3 is 2.82 bits per heavy atom. The topological polar surface area (TPSA) is 24.1 Å². The van der Waals surface area contributed by atoms with Crippen molar-refractivity contribution in [3.8, 4) is 0 Å². The minimum atomic E-state index is -0.192. The van der Waals surface area contributed by atoms with E-state index in [1.807, 2.05) is 0 Å². The van der Waals surface area contributed by atoms with Crippen LogP contribution in [0.15, 0.2) is 12.1 Å². The van der Waals surface area contributed by atoms with E-state index in [1.165, 1.54) is 18.9 Å². The normalized spacial score (nSPS) is 15.2. The molecule has 0 unspecified atom stereocenters. The molecule has 2 N–H and O–H groups in total. The summed E-state index contributed by atoms with van der Waals surface area (Å²) in [6.45, 7) is 4.17. The molecule has 0 heterocycles. The molecule has 0 amide bonds. The largest absolute Gasteiger partial charge is 0.313 e. The van der Waals surface area contributed by atoms with Crippen molar-refractivity contribution in [2.24, 2.45) is 0 Å². The summed E-state index contributed by atoms with van der Waals surface area (Å²) in [5.41, 5.74) is 1.41. The van der Waals surface area contributed by atoms with Crippen LogP contribution in [-0.2, 0) is 6.54 Å². The van der Waals surface area contributed by atoms with Crippen molar-refractivity contribution in [1.82, 2.24) is 10.6 Å². The third kappa shape index (κ3) is 3.95. The van der Waals surface area contributed by atoms with Crippen LogP contribution in [0.3, 0.4) is 0 Å². The summed E-state index contributed by atoms with van der Waals surface area (Å²) in [6.07, 6.45) is 2.60. The van der Waals surface area contributed by atoms with Crippen molar-refractivity contribution in [3.63, 3.8) is 0 Å². The van der Waals surface area contributed by atoms with E-state index in [0.29, 0.717) is 17.1 Å². The average molecular weight is 257 g/mol. The standard InChI is InChI=1S/C13H18ClFN2/c1-9-6-12(14)10(7-13(9)15)8-16-4-5-17-11-2-3-11/h6-7,11,16-17H,2-5,8H2,1H3. The first kappa shape index (κ1) is 12.8. The number of hydrogen-bond donors (Lipinski definition) is 2. The molecule has 17 heavy (non-hydrogen) atoms. The van der Waals surface area contributed by atoms with Crippen molar-refractivity contribution in [2.45, 2.75) is 32.4 Å². The molecular formula is C13H18ClFN2. The van der Waals surface area contributed by atoms with Gasteiger partial charge < -0.3 is 10.6 Å². The van der Waals surface area contributed by atoms with E-state index in [4.69, 9.17) is 11.6 Å². The molecule has 94 valence electrons. The highest BCUT2D eigenvalue weighted by atomic mass is 35.5. The third-order valence-corrected chi connectivity index (χ3v) is 3.31. The van der Waals surface area contributed by atoms with Gasteiger partial charge in [-0.25, -0.2) is 4.39 Å². The van der Waals surface area contributed by atoms with Crippen LogP contribution in [0.2, 0.25) is 5.02 Å². The second-order valence-electron chi connectivity index (χ2n) is 4.60. The van der Waals surface area contributed by atoms with E-state index in [1.54, 1.807) is 13.0 Å². The number of hydrogen-bond acceptors (Lipinski definition) is 2. The third-order valence-electron chi connectivity index (χ3n) is 2.96. The van der Waals surface area contributed by atoms with Gasteiger partial charge in [-0.05, 0) is 43.0 Å². The number of rotatable bonds is 6. The smallest absolute Gasteiger partial charge is 0.126 e. The molecule has 0 radical (unpaired) electrons. The molecule has 1 aliphatic rings.